The Balaban J connectivity index is 1.17. The summed E-state index contributed by atoms with van der Waals surface area (Å²) in [5, 5.41) is 2.74. The predicted molar refractivity (Wildman–Crippen MR) is 169 cm³/mol. The molecular weight excluding hydrogens is 594 g/mol. The summed E-state index contributed by atoms with van der Waals surface area (Å²) < 4.78 is 43.0. The number of carbonyl (C=O) groups excluding carboxylic acids is 1. The number of para-hydroxylation sites is 1. The van der Waals surface area contributed by atoms with E-state index >= 15 is 0 Å². The third kappa shape index (κ3) is 8.93. The number of nitrogens with zero attached hydrogens (tertiary/aromatic N) is 1. The van der Waals surface area contributed by atoms with E-state index in [9.17, 15) is 4.79 Å². The third-order valence-electron chi connectivity index (χ3n) is 9.22. The Hall–Kier alpha value is -2.34. The Morgan fingerprint density at radius 1 is 1.02 bits per heavy atom. The molecule has 8 atom stereocenters. The number of fused-ring (bicyclic) bond motifs is 1. The molecule has 1 aromatic heterocycles. The zero-order valence-electron chi connectivity index (χ0n) is 26.3. The Labute approximate surface area is 270 Å². The van der Waals surface area contributed by atoms with Gasteiger partial charge in [-0.05, 0) is 76.3 Å². The number of thiazole rings is 1. The summed E-state index contributed by atoms with van der Waals surface area (Å²) in [6.45, 7) is 4.59. The average molecular weight is 642 g/mol. The lowest BCUT2D eigenvalue weighted by atomic mass is 9.87. The molecule has 45 heavy (non-hydrogen) atoms. The topological polar surface area (TPSA) is 94.6 Å². The van der Waals surface area contributed by atoms with E-state index in [2.05, 4.69) is 17.1 Å². The van der Waals surface area contributed by atoms with Crippen molar-refractivity contribution in [3.8, 4) is 5.75 Å². The first-order valence-electron chi connectivity index (χ1n) is 16.8. The second-order valence-corrected chi connectivity index (χ2v) is 13.3. The summed E-state index contributed by atoms with van der Waals surface area (Å²) in [6, 6.07) is 9.86. The molecule has 6 rings (SSSR count). The highest BCUT2D eigenvalue weighted by Crippen LogP contribution is 2.45. The molecule has 0 N–H and O–H groups in total. The summed E-state index contributed by atoms with van der Waals surface area (Å²) in [7, 11) is 0. The van der Waals surface area contributed by atoms with Crippen molar-refractivity contribution in [2.45, 2.75) is 102 Å². The lowest BCUT2D eigenvalue weighted by Gasteiger charge is -2.30. The van der Waals surface area contributed by atoms with Gasteiger partial charge in [-0.25, -0.2) is 9.78 Å². The summed E-state index contributed by atoms with van der Waals surface area (Å²) in [4.78, 5) is 16.8. The Bertz CT molecular complexity index is 1210. The van der Waals surface area contributed by atoms with Crippen LogP contribution in [0.15, 0.2) is 47.9 Å². The van der Waals surface area contributed by atoms with Crippen LogP contribution in [-0.2, 0) is 28.4 Å². The van der Waals surface area contributed by atoms with Crippen LogP contribution in [0.3, 0.4) is 0 Å². The SMILES string of the molecule is CCOC(=O)c1csc([C@H]2CC[C@@H]3[C@@H](/C=C/[C@@H](COc4ccccc4)OC4CCCCO4)[C@H](OC4CCCCO4)C[C@@H]3OC2)n1. The third-order valence-corrected chi connectivity index (χ3v) is 10.2. The van der Waals surface area contributed by atoms with Crippen LogP contribution >= 0.6 is 11.3 Å². The van der Waals surface area contributed by atoms with Crippen molar-refractivity contribution < 1.29 is 38.0 Å². The highest BCUT2D eigenvalue weighted by atomic mass is 32.1. The smallest absolute Gasteiger partial charge is 0.357 e. The fourth-order valence-corrected chi connectivity index (χ4v) is 7.78. The molecule has 3 saturated heterocycles. The minimum Gasteiger partial charge on any atom is -0.491 e. The van der Waals surface area contributed by atoms with E-state index in [-0.39, 0.29) is 54.6 Å². The number of hydrogen-bond donors (Lipinski definition) is 0. The van der Waals surface area contributed by atoms with Crippen molar-refractivity contribution in [3.63, 3.8) is 0 Å². The van der Waals surface area contributed by atoms with Crippen molar-refractivity contribution in [2.24, 2.45) is 11.8 Å². The zero-order chi connectivity index (χ0) is 30.8. The molecule has 1 aromatic carbocycles. The van der Waals surface area contributed by atoms with E-state index in [4.69, 9.17) is 33.2 Å². The number of ether oxygens (including phenoxy) is 7. The van der Waals surface area contributed by atoms with Crippen LogP contribution < -0.4 is 4.74 Å². The van der Waals surface area contributed by atoms with Gasteiger partial charge in [0.05, 0.1) is 30.4 Å². The Kier molecular flexibility index (Phi) is 11.9. The van der Waals surface area contributed by atoms with Gasteiger partial charge in [-0.3, -0.25) is 0 Å². The molecule has 1 saturated carbocycles. The number of benzene rings is 1. The van der Waals surface area contributed by atoms with E-state index in [0.717, 1.165) is 81.8 Å². The van der Waals surface area contributed by atoms with E-state index in [1.54, 1.807) is 12.3 Å². The maximum atomic E-state index is 12.2. The van der Waals surface area contributed by atoms with Gasteiger partial charge in [0.25, 0.3) is 0 Å². The number of hydrogen-bond acceptors (Lipinski definition) is 10. The van der Waals surface area contributed by atoms with Gasteiger partial charge in [0.2, 0.25) is 0 Å². The second-order valence-electron chi connectivity index (χ2n) is 12.4. The second kappa shape index (κ2) is 16.5. The van der Waals surface area contributed by atoms with E-state index < -0.39 is 0 Å². The number of aromatic nitrogens is 1. The molecule has 9 nitrogen and oxygen atoms in total. The van der Waals surface area contributed by atoms with Gasteiger partial charge < -0.3 is 33.2 Å². The molecule has 4 aliphatic rings. The monoisotopic (exact) mass is 641 g/mol. The van der Waals surface area contributed by atoms with Gasteiger partial charge in [0.15, 0.2) is 18.3 Å². The zero-order valence-corrected chi connectivity index (χ0v) is 27.1. The van der Waals surface area contributed by atoms with Gasteiger partial charge in [-0.15, -0.1) is 11.3 Å². The first-order valence-corrected chi connectivity index (χ1v) is 17.7. The van der Waals surface area contributed by atoms with Crippen molar-refractivity contribution >= 4 is 17.3 Å². The number of esters is 1. The number of rotatable bonds is 12. The molecule has 10 heteroatoms. The van der Waals surface area contributed by atoms with Crippen LogP contribution in [0.1, 0.15) is 86.1 Å². The lowest BCUT2D eigenvalue weighted by Crippen LogP contribution is -2.32. The standard InChI is InChI=1S/C35H47NO8S/c1-2-38-35(37)29-23-45-34(36-29)24-14-16-27-28(31(20-30(27)42-21-24)44-33-13-7-9-19-40-33)17-15-26(43-32-12-6-8-18-39-32)22-41-25-10-4-3-5-11-25/h3-5,10-11,15,17,23-24,26-28,30-33H,2,6-9,12-14,16,18-22H2,1H3/b17-15+/t24-,26-,27+,28+,30-,31+,32?,33?/m0/s1. The fourth-order valence-electron chi connectivity index (χ4n) is 6.87. The molecular formula is C35H47NO8S. The summed E-state index contributed by atoms with van der Waals surface area (Å²) in [6.07, 6.45) is 12.7. The molecule has 0 amide bonds. The molecule has 4 fully saturated rings. The highest BCUT2D eigenvalue weighted by molar-refractivity contribution is 7.09. The molecule has 4 heterocycles. The van der Waals surface area contributed by atoms with Crippen LogP contribution in [0.2, 0.25) is 0 Å². The molecule has 2 aromatic rings. The minimum absolute atomic E-state index is 0.00667. The van der Waals surface area contributed by atoms with Gasteiger partial charge in [0.1, 0.15) is 18.5 Å². The van der Waals surface area contributed by atoms with Gasteiger partial charge in [0, 0.05) is 36.9 Å². The lowest BCUT2D eigenvalue weighted by molar-refractivity contribution is -0.193. The van der Waals surface area contributed by atoms with E-state index in [1.165, 1.54) is 11.3 Å². The maximum Gasteiger partial charge on any atom is 0.357 e. The average Bonchev–Trinajstić information content (AvgIpc) is 3.63. The quantitative estimate of drug-likeness (QED) is 0.186. The van der Waals surface area contributed by atoms with Crippen LogP contribution in [-0.4, -0.2) is 74.9 Å². The maximum absolute atomic E-state index is 12.2. The predicted octanol–water partition coefficient (Wildman–Crippen LogP) is 6.68. The van der Waals surface area contributed by atoms with Crippen LogP contribution in [0.5, 0.6) is 5.75 Å². The van der Waals surface area contributed by atoms with Crippen molar-refractivity contribution in [1.29, 1.82) is 0 Å². The van der Waals surface area contributed by atoms with Crippen LogP contribution in [0.4, 0.5) is 0 Å². The molecule has 3 aliphatic heterocycles. The summed E-state index contributed by atoms with van der Waals surface area (Å²) in [5.41, 5.74) is 0.383. The molecule has 2 unspecified atom stereocenters. The molecule has 0 bridgehead atoms. The molecule has 0 radical (unpaired) electrons. The minimum atomic E-state index is -0.367. The van der Waals surface area contributed by atoms with Crippen molar-refractivity contribution in [3.05, 3.63) is 58.6 Å². The molecule has 0 spiro atoms. The van der Waals surface area contributed by atoms with Crippen molar-refractivity contribution in [2.75, 3.05) is 33.0 Å². The Morgan fingerprint density at radius 2 is 1.82 bits per heavy atom. The van der Waals surface area contributed by atoms with Gasteiger partial charge >= 0.3 is 5.97 Å². The first kappa shape index (κ1) is 32.6. The van der Waals surface area contributed by atoms with E-state index in [1.807, 2.05) is 30.3 Å². The van der Waals surface area contributed by atoms with Gasteiger partial charge in [-0.2, -0.15) is 0 Å². The van der Waals surface area contributed by atoms with Gasteiger partial charge in [-0.1, -0.05) is 30.4 Å². The van der Waals surface area contributed by atoms with Crippen LogP contribution in [0.25, 0.3) is 0 Å². The normalized spacial score (nSPS) is 31.3. The Morgan fingerprint density at radius 3 is 2.58 bits per heavy atom. The summed E-state index contributed by atoms with van der Waals surface area (Å²) >= 11 is 1.52. The van der Waals surface area contributed by atoms with E-state index in [0.29, 0.717) is 25.5 Å². The fraction of sp³-hybridized carbons (Fsp3) is 0.657. The summed E-state index contributed by atoms with van der Waals surface area (Å²) in [5.74, 6) is 1.02. The number of carbonyl (C=O) groups is 1. The first-order chi connectivity index (χ1) is 22.2. The van der Waals surface area contributed by atoms with Crippen LogP contribution in [0, 0.1) is 11.8 Å². The molecule has 1 aliphatic carbocycles. The highest BCUT2D eigenvalue weighted by Gasteiger charge is 2.46. The molecule has 246 valence electrons. The largest absolute Gasteiger partial charge is 0.491 e. The van der Waals surface area contributed by atoms with Crippen molar-refractivity contribution in [1.82, 2.24) is 4.98 Å².